The number of rotatable bonds is 8. The summed E-state index contributed by atoms with van der Waals surface area (Å²) in [6.07, 6.45) is 3.25. The van der Waals surface area contributed by atoms with Crippen LogP contribution in [0, 0.1) is 0 Å². The molecule has 0 bridgehead atoms. The minimum Gasteiger partial charge on any atom is -0.497 e. The van der Waals surface area contributed by atoms with Crippen molar-refractivity contribution in [2.24, 2.45) is 0 Å². The fourth-order valence-electron chi connectivity index (χ4n) is 3.99. The van der Waals surface area contributed by atoms with Crippen LogP contribution in [-0.2, 0) is 5.54 Å². The van der Waals surface area contributed by atoms with Gasteiger partial charge in [-0.05, 0) is 55.0 Å². The van der Waals surface area contributed by atoms with E-state index in [0.29, 0.717) is 6.04 Å². The molecule has 1 aromatic heterocycles. The summed E-state index contributed by atoms with van der Waals surface area (Å²) in [7, 11) is 1.71. The van der Waals surface area contributed by atoms with Gasteiger partial charge in [0.25, 0.3) is 0 Å². The first kappa shape index (κ1) is 20.6. The van der Waals surface area contributed by atoms with Gasteiger partial charge in [0.1, 0.15) is 11.8 Å². The second-order valence-corrected chi connectivity index (χ2v) is 8.30. The number of methoxy groups -OCH3 is 1. The zero-order valence-corrected chi connectivity index (χ0v) is 18.0. The Morgan fingerprint density at radius 2 is 1.82 bits per heavy atom. The van der Waals surface area contributed by atoms with Gasteiger partial charge < -0.3 is 14.5 Å². The molecule has 28 heavy (non-hydrogen) atoms. The van der Waals surface area contributed by atoms with Crippen LogP contribution in [0.1, 0.15) is 58.8 Å². The summed E-state index contributed by atoms with van der Waals surface area (Å²) >= 11 is 0. The van der Waals surface area contributed by atoms with Crippen molar-refractivity contribution >= 4 is 5.69 Å². The van der Waals surface area contributed by atoms with E-state index in [4.69, 9.17) is 4.74 Å². The summed E-state index contributed by atoms with van der Waals surface area (Å²) in [5.41, 5.74) is 1.21. The molecule has 1 fully saturated rings. The van der Waals surface area contributed by atoms with Crippen molar-refractivity contribution in [3.8, 4) is 5.75 Å². The van der Waals surface area contributed by atoms with E-state index in [1.54, 1.807) is 12.0 Å². The summed E-state index contributed by atoms with van der Waals surface area (Å²) in [5.74, 6) is 1.95. The summed E-state index contributed by atoms with van der Waals surface area (Å²) in [5, 5.41) is 12.9. The highest BCUT2D eigenvalue weighted by Gasteiger charge is 2.35. The lowest BCUT2D eigenvalue weighted by atomic mass is 10.0. The van der Waals surface area contributed by atoms with E-state index < -0.39 is 0 Å². The maximum atomic E-state index is 5.28. The molecule has 1 aliphatic rings. The monoisotopic (exact) mass is 387 g/mol. The van der Waals surface area contributed by atoms with Gasteiger partial charge >= 0.3 is 0 Å². The highest BCUT2D eigenvalue weighted by atomic mass is 16.5. The van der Waals surface area contributed by atoms with E-state index in [2.05, 4.69) is 64.9 Å². The van der Waals surface area contributed by atoms with Crippen LogP contribution in [0.5, 0.6) is 5.75 Å². The Bertz CT molecular complexity index is 734. The average molecular weight is 388 g/mol. The first-order chi connectivity index (χ1) is 13.5. The van der Waals surface area contributed by atoms with Crippen LogP contribution in [-0.4, -0.2) is 53.5 Å². The lowest BCUT2D eigenvalue weighted by molar-refractivity contribution is -0.933. The minimum absolute atomic E-state index is 0.0603. The Morgan fingerprint density at radius 1 is 1.14 bits per heavy atom. The molecule has 1 N–H and O–H groups in total. The average Bonchev–Trinajstić information content (AvgIpc) is 3.23. The van der Waals surface area contributed by atoms with Crippen LogP contribution in [0.15, 0.2) is 24.3 Å². The fraction of sp³-hybridized carbons (Fsp3) is 0.667. The number of piperazine rings is 1. The number of ether oxygens (including phenoxy) is 1. The van der Waals surface area contributed by atoms with Crippen LogP contribution in [0.4, 0.5) is 5.69 Å². The van der Waals surface area contributed by atoms with Crippen molar-refractivity contribution in [1.82, 2.24) is 20.2 Å². The van der Waals surface area contributed by atoms with E-state index in [0.717, 1.165) is 57.0 Å². The van der Waals surface area contributed by atoms with Gasteiger partial charge in [-0.15, -0.1) is 5.10 Å². The molecule has 2 heterocycles. The Balaban J connectivity index is 1.72. The third-order valence-electron chi connectivity index (χ3n) is 6.16. The molecule has 2 aromatic rings. The molecular formula is C21H35N6O+. The summed E-state index contributed by atoms with van der Waals surface area (Å²) in [6, 6.07) is 8.73. The molecule has 0 amide bonds. The summed E-state index contributed by atoms with van der Waals surface area (Å²) < 4.78 is 7.34. The van der Waals surface area contributed by atoms with Crippen molar-refractivity contribution in [1.29, 1.82) is 0 Å². The standard InChI is InChI=1S/C21H34N6O/c1-6-8-19(20-22-23-24-27(20)21(3,4)7-2)26-15-13-25(14-16-26)17-9-11-18(28-5)12-10-17/h9-12,19H,6-8,13-16H2,1-5H3/p+1/t19-/m0/s1. The molecule has 1 aliphatic heterocycles. The molecular weight excluding hydrogens is 352 g/mol. The molecule has 0 aliphatic carbocycles. The molecule has 7 nitrogen and oxygen atoms in total. The lowest BCUT2D eigenvalue weighted by Gasteiger charge is -2.38. The van der Waals surface area contributed by atoms with E-state index in [1.165, 1.54) is 5.69 Å². The molecule has 154 valence electrons. The van der Waals surface area contributed by atoms with Crippen LogP contribution < -0.4 is 14.5 Å². The molecule has 0 radical (unpaired) electrons. The number of hydrogen-bond donors (Lipinski definition) is 1. The SMILES string of the molecule is CCC[C@@H](c1nnnn1C(C)(C)CC)[NH+]1CCN(c2ccc(OC)cc2)CC1. The van der Waals surface area contributed by atoms with Gasteiger partial charge in [0.05, 0.1) is 38.8 Å². The highest BCUT2D eigenvalue weighted by Crippen LogP contribution is 2.24. The summed E-state index contributed by atoms with van der Waals surface area (Å²) in [4.78, 5) is 4.06. The van der Waals surface area contributed by atoms with Gasteiger partial charge in [-0.2, -0.15) is 0 Å². The van der Waals surface area contributed by atoms with Crippen molar-refractivity contribution in [3.05, 3.63) is 30.1 Å². The maximum absolute atomic E-state index is 5.28. The molecule has 0 spiro atoms. The zero-order valence-electron chi connectivity index (χ0n) is 18.0. The van der Waals surface area contributed by atoms with Crippen LogP contribution in [0.2, 0.25) is 0 Å². The molecule has 1 saturated heterocycles. The van der Waals surface area contributed by atoms with Gasteiger partial charge in [0.15, 0.2) is 0 Å². The number of nitrogens with one attached hydrogen (secondary N) is 1. The Labute approximate surface area is 168 Å². The fourth-order valence-corrected chi connectivity index (χ4v) is 3.99. The van der Waals surface area contributed by atoms with E-state index in [1.807, 2.05) is 12.1 Å². The third kappa shape index (κ3) is 4.29. The van der Waals surface area contributed by atoms with Crippen molar-refractivity contribution < 1.29 is 9.64 Å². The first-order valence-corrected chi connectivity index (χ1v) is 10.5. The Kier molecular flexibility index (Phi) is 6.54. The van der Waals surface area contributed by atoms with Crippen molar-refractivity contribution in [3.63, 3.8) is 0 Å². The molecule has 3 rings (SSSR count). The summed E-state index contributed by atoms with van der Waals surface area (Å²) in [6.45, 7) is 13.1. The van der Waals surface area contributed by atoms with Gasteiger partial charge in [0, 0.05) is 12.1 Å². The predicted molar refractivity (Wildman–Crippen MR) is 111 cm³/mol. The Morgan fingerprint density at radius 3 is 2.39 bits per heavy atom. The predicted octanol–water partition coefficient (Wildman–Crippen LogP) is 2.07. The van der Waals surface area contributed by atoms with Crippen LogP contribution in [0.25, 0.3) is 0 Å². The lowest BCUT2D eigenvalue weighted by Crippen LogP contribution is -3.15. The number of quaternary nitrogens is 1. The van der Waals surface area contributed by atoms with Gasteiger partial charge in [-0.25, -0.2) is 4.68 Å². The maximum Gasteiger partial charge on any atom is 0.209 e. The van der Waals surface area contributed by atoms with E-state index in [-0.39, 0.29) is 5.54 Å². The zero-order chi connectivity index (χ0) is 20.1. The number of benzene rings is 1. The topological polar surface area (TPSA) is 60.5 Å². The van der Waals surface area contributed by atoms with Gasteiger partial charge in [0.2, 0.25) is 5.82 Å². The number of tetrazole rings is 1. The van der Waals surface area contributed by atoms with Gasteiger partial charge in [-0.3, -0.25) is 0 Å². The number of anilines is 1. The van der Waals surface area contributed by atoms with Crippen LogP contribution >= 0.6 is 0 Å². The smallest absolute Gasteiger partial charge is 0.209 e. The van der Waals surface area contributed by atoms with Crippen LogP contribution in [0.3, 0.4) is 0 Å². The van der Waals surface area contributed by atoms with Crippen molar-refractivity contribution in [2.75, 3.05) is 38.2 Å². The molecule has 7 heteroatoms. The highest BCUT2D eigenvalue weighted by molar-refractivity contribution is 5.49. The molecule has 0 unspecified atom stereocenters. The number of aromatic nitrogens is 4. The second kappa shape index (κ2) is 8.90. The van der Waals surface area contributed by atoms with E-state index in [9.17, 15) is 0 Å². The normalized spacial score (nSPS) is 17.0. The molecule has 1 aromatic carbocycles. The molecule has 0 saturated carbocycles. The number of nitrogens with zero attached hydrogens (tertiary/aromatic N) is 5. The largest absolute Gasteiger partial charge is 0.497 e. The van der Waals surface area contributed by atoms with Gasteiger partial charge in [-0.1, -0.05) is 20.3 Å². The second-order valence-electron chi connectivity index (χ2n) is 8.30. The molecule has 1 atom stereocenters. The van der Waals surface area contributed by atoms with E-state index >= 15 is 0 Å². The Hall–Kier alpha value is -2.15. The quantitative estimate of drug-likeness (QED) is 0.751. The first-order valence-electron chi connectivity index (χ1n) is 10.5. The van der Waals surface area contributed by atoms with Crippen molar-refractivity contribution in [2.45, 2.75) is 58.5 Å². The number of hydrogen-bond acceptors (Lipinski definition) is 5. The minimum atomic E-state index is -0.0603. The third-order valence-corrected chi connectivity index (χ3v) is 6.16.